The van der Waals surface area contributed by atoms with E-state index in [1.54, 1.807) is 37.3 Å². The minimum Gasteiger partial charge on any atom is -0.478 e. The maximum Gasteiger partial charge on any atom is 0.433 e. The zero-order valence-corrected chi connectivity index (χ0v) is 18.3. The Labute approximate surface area is 192 Å². The number of ether oxygens (including phenoxy) is 1. The van der Waals surface area contributed by atoms with Crippen molar-refractivity contribution in [2.75, 3.05) is 19.7 Å². The number of hydrogen-bond acceptors (Lipinski definition) is 5. The molecule has 0 spiro atoms. The van der Waals surface area contributed by atoms with Gasteiger partial charge in [0.05, 0.1) is 12.2 Å². The van der Waals surface area contributed by atoms with Gasteiger partial charge in [-0.1, -0.05) is 29.8 Å². The van der Waals surface area contributed by atoms with Crippen LogP contribution in [0.3, 0.4) is 0 Å². The van der Waals surface area contributed by atoms with Crippen molar-refractivity contribution in [3.63, 3.8) is 0 Å². The summed E-state index contributed by atoms with van der Waals surface area (Å²) in [5, 5.41) is 13.3. The third-order valence-corrected chi connectivity index (χ3v) is 4.38. The number of benzene rings is 1. The van der Waals surface area contributed by atoms with Crippen LogP contribution in [0.15, 0.2) is 54.2 Å². The normalized spacial score (nSPS) is 11.6. The molecule has 5 N–H and O–H groups in total. The Balaban J connectivity index is 1.96. The van der Waals surface area contributed by atoms with Gasteiger partial charge in [-0.2, -0.15) is 13.2 Å². The lowest BCUT2D eigenvalue weighted by Gasteiger charge is -2.12. The topological polar surface area (TPSA) is 121 Å². The number of halogens is 4. The lowest BCUT2D eigenvalue weighted by molar-refractivity contribution is -0.496. The van der Waals surface area contributed by atoms with Crippen LogP contribution in [0.1, 0.15) is 17.3 Å². The van der Waals surface area contributed by atoms with E-state index in [1.165, 1.54) is 17.4 Å². The number of amides is 2. The second-order valence-electron chi connectivity index (χ2n) is 6.46. The second kappa shape index (κ2) is 12.0. The quantitative estimate of drug-likeness (QED) is 0.136. The first-order valence-corrected chi connectivity index (χ1v) is 10.1. The van der Waals surface area contributed by atoms with Gasteiger partial charge in [0.15, 0.2) is 5.71 Å². The zero-order valence-electron chi connectivity index (χ0n) is 17.5. The summed E-state index contributed by atoms with van der Waals surface area (Å²) in [6.45, 7) is 1.87. The number of hydrogen-bond donors (Lipinski definition) is 4. The van der Waals surface area contributed by atoms with Crippen LogP contribution in [0.4, 0.5) is 18.9 Å². The summed E-state index contributed by atoms with van der Waals surface area (Å²) in [7, 11) is 0. The Bertz CT molecular complexity index is 1030. The van der Waals surface area contributed by atoms with Gasteiger partial charge in [0.2, 0.25) is 5.88 Å². The maximum atomic E-state index is 13.0. The number of para-hydroxylation sites is 1. The Kier molecular flexibility index (Phi) is 9.37. The maximum absolute atomic E-state index is 13.0. The standard InChI is InChI=1S/C21H21ClF3N5O3/c1-2-33-16-9-8-14(18(22)30-16)19(31)27-10-11-28-20(32)15(17(26)21(23,24)25)12-29-13-6-4-3-5-7-13/h3-9,12,26,29H,2,10-11H2,1H3,(H,27,31)(H,28,32)/p+1/b15-12+,26-17?. The van der Waals surface area contributed by atoms with Crippen LogP contribution in [0.25, 0.3) is 0 Å². The summed E-state index contributed by atoms with van der Waals surface area (Å²) in [4.78, 5) is 28.5. The monoisotopic (exact) mass is 484 g/mol. The van der Waals surface area contributed by atoms with Crippen molar-refractivity contribution in [2.24, 2.45) is 0 Å². The molecule has 0 bridgehead atoms. The molecule has 0 aliphatic carbocycles. The molecule has 1 aromatic carbocycles. The minimum absolute atomic E-state index is 0.0725. The molecule has 1 aromatic heterocycles. The molecule has 2 aromatic rings. The molecule has 0 fully saturated rings. The molecule has 1 heterocycles. The number of alkyl halides is 3. The highest BCUT2D eigenvalue weighted by Crippen LogP contribution is 2.21. The number of nitrogens with two attached hydrogens (primary N) is 1. The average molecular weight is 485 g/mol. The number of quaternary nitrogens is 1. The van der Waals surface area contributed by atoms with Gasteiger partial charge in [-0.25, -0.2) is 4.98 Å². The highest BCUT2D eigenvalue weighted by molar-refractivity contribution is 6.32. The molecule has 176 valence electrons. The van der Waals surface area contributed by atoms with E-state index in [4.69, 9.17) is 21.7 Å². The Morgan fingerprint density at radius 1 is 1.15 bits per heavy atom. The van der Waals surface area contributed by atoms with E-state index >= 15 is 0 Å². The summed E-state index contributed by atoms with van der Waals surface area (Å²) in [5.41, 5.74) is -1.99. The fourth-order valence-corrected chi connectivity index (χ4v) is 2.76. The lowest BCUT2D eigenvalue weighted by atomic mass is 10.1. The molecular formula is C21H22ClF3N5O3+. The van der Waals surface area contributed by atoms with Crippen LogP contribution in [-0.4, -0.2) is 48.4 Å². The Morgan fingerprint density at radius 2 is 1.82 bits per heavy atom. The minimum atomic E-state index is -5.00. The number of rotatable bonds is 10. The third-order valence-electron chi connectivity index (χ3n) is 4.10. The third kappa shape index (κ3) is 7.88. The molecule has 2 rings (SSSR count). The number of nitrogens with one attached hydrogen (secondary N) is 3. The lowest BCUT2D eigenvalue weighted by Crippen LogP contribution is -2.72. The van der Waals surface area contributed by atoms with Gasteiger partial charge in [0.25, 0.3) is 11.8 Å². The summed E-state index contributed by atoms with van der Waals surface area (Å²) in [6, 6.07) is 11.3. The van der Waals surface area contributed by atoms with Crippen molar-refractivity contribution >= 4 is 34.8 Å². The summed E-state index contributed by atoms with van der Waals surface area (Å²) in [5.74, 6) is -1.43. The van der Waals surface area contributed by atoms with Crippen LogP contribution in [-0.2, 0) is 4.79 Å². The van der Waals surface area contributed by atoms with E-state index in [0.717, 1.165) is 6.20 Å². The van der Waals surface area contributed by atoms with Crippen LogP contribution in [0.2, 0.25) is 5.15 Å². The molecule has 0 atom stereocenters. The van der Waals surface area contributed by atoms with E-state index in [0.29, 0.717) is 12.3 Å². The summed E-state index contributed by atoms with van der Waals surface area (Å²) in [6.07, 6.45) is -4.07. The van der Waals surface area contributed by atoms with Crippen LogP contribution in [0.5, 0.6) is 5.88 Å². The number of pyridine rings is 1. The molecule has 8 nitrogen and oxygen atoms in total. The molecule has 12 heteroatoms. The fourth-order valence-electron chi connectivity index (χ4n) is 2.53. The van der Waals surface area contributed by atoms with Crippen LogP contribution in [0, 0.1) is 5.41 Å². The van der Waals surface area contributed by atoms with Crippen molar-refractivity contribution in [3.05, 3.63) is 65.0 Å². The zero-order chi connectivity index (χ0) is 24.4. The smallest absolute Gasteiger partial charge is 0.433 e. The largest absolute Gasteiger partial charge is 0.478 e. The van der Waals surface area contributed by atoms with Crippen molar-refractivity contribution < 1.29 is 32.8 Å². The second-order valence-corrected chi connectivity index (χ2v) is 6.82. The summed E-state index contributed by atoms with van der Waals surface area (Å²) < 4.78 is 44.3. The van der Waals surface area contributed by atoms with Gasteiger partial charge in [0.1, 0.15) is 22.6 Å². The molecule has 0 aliphatic heterocycles. The first kappa shape index (κ1) is 25.8. The van der Waals surface area contributed by atoms with Gasteiger partial charge >= 0.3 is 6.18 Å². The molecule has 0 unspecified atom stereocenters. The fraction of sp³-hybridized carbons (Fsp3) is 0.238. The van der Waals surface area contributed by atoms with Gasteiger partial charge in [-0.05, 0) is 25.1 Å². The highest BCUT2D eigenvalue weighted by atomic mass is 35.5. The molecule has 0 saturated heterocycles. The first-order chi connectivity index (χ1) is 15.6. The van der Waals surface area contributed by atoms with E-state index in [2.05, 4.69) is 15.6 Å². The van der Waals surface area contributed by atoms with E-state index in [1.807, 2.05) is 0 Å². The predicted octanol–water partition coefficient (Wildman–Crippen LogP) is 2.34. The van der Waals surface area contributed by atoms with E-state index in [9.17, 15) is 22.8 Å². The van der Waals surface area contributed by atoms with Crippen molar-refractivity contribution in [1.29, 1.82) is 5.41 Å². The molecular weight excluding hydrogens is 463 g/mol. The van der Waals surface area contributed by atoms with Gasteiger partial charge in [-0.15, -0.1) is 0 Å². The number of carbonyl (C=O) groups excluding carboxylic acids is 2. The van der Waals surface area contributed by atoms with Crippen molar-refractivity contribution in [2.45, 2.75) is 13.1 Å². The molecule has 0 aliphatic rings. The molecule has 33 heavy (non-hydrogen) atoms. The number of carbonyl (C=O) groups is 2. The van der Waals surface area contributed by atoms with Gasteiger partial charge in [-0.3, -0.25) is 20.3 Å². The molecule has 0 saturated carbocycles. The molecule has 0 radical (unpaired) electrons. The van der Waals surface area contributed by atoms with E-state index < -0.39 is 29.3 Å². The highest BCUT2D eigenvalue weighted by Gasteiger charge is 2.39. The van der Waals surface area contributed by atoms with Crippen molar-refractivity contribution in [3.8, 4) is 5.88 Å². The van der Waals surface area contributed by atoms with Gasteiger partial charge in [0, 0.05) is 19.2 Å². The number of nitrogens with zero attached hydrogens (tertiary/aromatic N) is 1. The average Bonchev–Trinajstić information content (AvgIpc) is 2.77. The van der Waals surface area contributed by atoms with Gasteiger partial charge < -0.3 is 15.4 Å². The van der Waals surface area contributed by atoms with Crippen LogP contribution < -0.4 is 20.7 Å². The number of aromatic nitrogens is 1. The Morgan fingerprint density at radius 3 is 2.42 bits per heavy atom. The Hall–Kier alpha value is -3.44. The van der Waals surface area contributed by atoms with E-state index in [-0.39, 0.29) is 29.7 Å². The summed E-state index contributed by atoms with van der Waals surface area (Å²) >= 11 is 5.96. The SMILES string of the molecule is CCOc1ccc(C(=O)NCCNC(=O)/C(=C/[NH2+]c2ccccc2)C(=N)C(F)(F)F)c(Cl)n1. The van der Waals surface area contributed by atoms with Crippen LogP contribution >= 0.6 is 11.6 Å². The molecule has 2 amide bonds. The first-order valence-electron chi connectivity index (χ1n) is 9.75. The predicted molar refractivity (Wildman–Crippen MR) is 116 cm³/mol. The van der Waals surface area contributed by atoms with Crippen molar-refractivity contribution in [1.82, 2.24) is 15.6 Å².